The van der Waals surface area contributed by atoms with Crippen molar-refractivity contribution in [3.05, 3.63) is 12.2 Å². The summed E-state index contributed by atoms with van der Waals surface area (Å²) in [5, 5.41) is 0. The Morgan fingerprint density at radius 3 is 2.70 bits per heavy atom. The fourth-order valence-electron chi connectivity index (χ4n) is 6.40. The van der Waals surface area contributed by atoms with Crippen molar-refractivity contribution in [2.24, 2.45) is 29.1 Å². The second-order valence-electron chi connectivity index (χ2n) is 8.12. The molecule has 2 heteroatoms. The van der Waals surface area contributed by atoms with Crippen molar-refractivity contribution in [3.8, 4) is 0 Å². The molecule has 5 fully saturated rings. The molecule has 0 aromatic heterocycles. The van der Waals surface area contributed by atoms with Gasteiger partial charge in [-0.25, -0.2) is 4.79 Å². The van der Waals surface area contributed by atoms with Crippen LogP contribution in [0.25, 0.3) is 0 Å². The Kier molecular flexibility index (Phi) is 2.52. The van der Waals surface area contributed by atoms with Gasteiger partial charge in [0, 0.05) is 11.5 Å². The quantitative estimate of drug-likeness (QED) is 0.572. The van der Waals surface area contributed by atoms with Gasteiger partial charge in [0.05, 0.1) is 0 Å². The fraction of sp³-hybridized carbons (Fsp3) is 0.833. The van der Waals surface area contributed by atoms with Crippen molar-refractivity contribution in [3.63, 3.8) is 0 Å². The molecule has 0 aromatic carbocycles. The van der Waals surface area contributed by atoms with E-state index in [1.54, 1.807) is 6.92 Å². The van der Waals surface area contributed by atoms with E-state index >= 15 is 0 Å². The second-order valence-corrected chi connectivity index (χ2v) is 8.12. The Hall–Kier alpha value is -0.790. The van der Waals surface area contributed by atoms with Crippen LogP contribution in [0.4, 0.5) is 0 Å². The highest BCUT2D eigenvalue weighted by molar-refractivity contribution is 5.87. The number of fused-ring (bicyclic) bond motifs is 2. The van der Waals surface area contributed by atoms with Crippen molar-refractivity contribution in [1.29, 1.82) is 0 Å². The summed E-state index contributed by atoms with van der Waals surface area (Å²) in [6.07, 6.45) is 9.13. The third-order valence-electron chi connectivity index (χ3n) is 7.17. The summed E-state index contributed by atoms with van der Waals surface area (Å²) in [7, 11) is 0. The molecule has 110 valence electrons. The SMILES string of the molecule is C=C(C)C(=O)OC12CC3(CC)CC(C3)C1C1CCC2C1. The first-order valence-electron chi connectivity index (χ1n) is 8.38. The van der Waals surface area contributed by atoms with Gasteiger partial charge in [-0.2, -0.15) is 0 Å². The monoisotopic (exact) mass is 274 g/mol. The van der Waals surface area contributed by atoms with Gasteiger partial charge in [0.1, 0.15) is 5.60 Å². The molecule has 5 aliphatic carbocycles. The van der Waals surface area contributed by atoms with Crippen LogP contribution < -0.4 is 0 Å². The van der Waals surface area contributed by atoms with Crippen LogP contribution in [0, 0.1) is 29.1 Å². The minimum absolute atomic E-state index is 0.115. The predicted octanol–water partition coefficient (Wildman–Crippen LogP) is 4.10. The van der Waals surface area contributed by atoms with Gasteiger partial charge in [-0.1, -0.05) is 19.9 Å². The summed E-state index contributed by atoms with van der Waals surface area (Å²) in [5.41, 5.74) is 0.933. The van der Waals surface area contributed by atoms with E-state index in [9.17, 15) is 4.79 Å². The molecule has 4 atom stereocenters. The number of hydrogen-bond donors (Lipinski definition) is 0. The van der Waals surface area contributed by atoms with Crippen molar-refractivity contribution in [1.82, 2.24) is 0 Å². The van der Waals surface area contributed by atoms with Gasteiger partial charge in [0.25, 0.3) is 0 Å². The highest BCUT2D eigenvalue weighted by Crippen LogP contribution is 2.73. The molecule has 0 N–H and O–H groups in total. The van der Waals surface area contributed by atoms with Crippen LogP contribution in [0.3, 0.4) is 0 Å². The minimum atomic E-state index is -0.143. The van der Waals surface area contributed by atoms with Gasteiger partial charge in [-0.15, -0.1) is 0 Å². The van der Waals surface area contributed by atoms with Crippen LogP contribution in [0.2, 0.25) is 0 Å². The number of rotatable bonds is 3. The average molecular weight is 274 g/mol. The molecule has 20 heavy (non-hydrogen) atoms. The van der Waals surface area contributed by atoms with E-state index in [1.807, 2.05) is 0 Å². The summed E-state index contributed by atoms with van der Waals surface area (Å²) in [4.78, 5) is 12.2. The van der Waals surface area contributed by atoms with Crippen molar-refractivity contribution >= 4 is 5.97 Å². The highest BCUT2D eigenvalue weighted by Gasteiger charge is 2.71. The van der Waals surface area contributed by atoms with Crippen LogP contribution in [0.15, 0.2) is 12.2 Å². The van der Waals surface area contributed by atoms with E-state index in [1.165, 1.54) is 38.5 Å². The van der Waals surface area contributed by atoms with Gasteiger partial charge in [-0.05, 0) is 68.6 Å². The standard InChI is InChI=1S/C18H26O2/c1-4-17-8-13(9-17)15-12-5-6-14(7-12)18(15,10-17)20-16(19)11(2)3/h12-15H,2,4-10H2,1,3H3. The Balaban J connectivity index is 1.69. The van der Waals surface area contributed by atoms with Crippen LogP contribution in [0.5, 0.6) is 0 Å². The Morgan fingerprint density at radius 2 is 2.05 bits per heavy atom. The molecule has 0 aromatic rings. The molecule has 0 radical (unpaired) electrons. The maximum Gasteiger partial charge on any atom is 0.333 e. The van der Waals surface area contributed by atoms with Crippen molar-refractivity contribution < 1.29 is 9.53 Å². The molecule has 0 amide bonds. The number of ether oxygens (including phenoxy) is 1. The smallest absolute Gasteiger partial charge is 0.333 e. The van der Waals surface area contributed by atoms with E-state index < -0.39 is 0 Å². The summed E-state index contributed by atoms with van der Waals surface area (Å²) in [5.74, 6) is 2.82. The summed E-state index contributed by atoms with van der Waals surface area (Å²) < 4.78 is 6.19. The van der Waals surface area contributed by atoms with Gasteiger partial charge in [0.15, 0.2) is 0 Å². The first-order chi connectivity index (χ1) is 9.50. The van der Waals surface area contributed by atoms with E-state index in [0.717, 1.165) is 18.3 Å². The van der Waals surface area contributed by atoms with E-state index in [2.05, 4.69) is 13.5 Å². The van der Waals surface area contributed by atoms with Crippen molar-refractivity contribution in [2.75, 3.05) is 0 Å². The van der Waals surface area contributed by atoms with E-state index in [4.69, 9.17) is 4.74 Å². The lowest BCUT2D eigenvalue weighted by atomic mass is 9.43. The molecular weight excluding hydrogens is 248 g/mol. The third-order valence-corrected chi connectivity index (χ3v) is 7.17. The second kappa shape index (κ2) is 3.90. The van der Waals surface area contributed by atoms with Gasteiger partial charge < -0.3 is 4.74 Å². The maximum absolute atomic E-state index is 12.2. The van der Waals surface area contributed by atoms with Crippen molar-refractivity contribution in [2.45, 2.75) is 64.4 Å². The molecule has 0 spiro atoms. The molecule has 5 saturated carbocycles. The van der Waals surface area contributed by atoms with Gasteiger partial charge >= 0.3 is 5.97 Å². The molecule has 0 aliphatic heterocycles. The molecule has 0 saturated heterocycles. The van der Waals surface area contributed by atoms with Crippen LogP contribution >= 0.6 is 0 Å². The maximum atomic E-state index is 12.2. The predicted molar refractivity (Wildman–Crippen MR) is 78.0 cm³/mol. The largest absolute Gasteiger partial charge is 0.455 e. The van der Waals surface area contributed by atoms with Gasteiger partial charge in [0.2, 0.25) is 0 Å². The first kappa shape index (κ1) is 12.9. The highest BCUT2D eigenvalue weighted by atomic mass is 16.6. The summed E-state index contributed by atoms with van der Waals surface area (Å²) in [6.45, 7) is 7.88. The zero-order valence-corrected chi connectivity index (χ0v) is 12.8. The summed E-state index contributed by atoms with van der Waals surface area (Å²) in [6, 6.07) is 0. The molecule has 4 bridgehead atoms. The van der Waals surface area contributed by atoms with Gasteiger partial charge in [-0.3, -0.25) is 0 Å². The molecule has 0 heterocycles. The zero-order valence-electron chi connectivity index (χ0n) is 12.8. The molecule has 5 aliphatic rings. The zero-order chi connectivity index (χ0) is 14.1. The Bertz CT molecular complexity index is 474. The number of hydrogen-bond acceptors (Lipinski definition) is 2. The average Bonchev–Trinajstić information content (AvgIpc) is 2.96. The lowest BCUT2D eigenvalue weighted by Gasteiger charge is -2.64. The fourth-order valence-corrected chi connectivity index (χ4v) is 6.40. The van der Waals surface area contributed by atoms with Crippen LogP contribution in [-0.2, 0) is 9.53 Å². The number of esters is 1. The molecule has 5 rings (SSSR count). The summed E-state index contributed by atoms with van der Waals surface area (Å²) >= 11 is 0. The number of carbonyl (C=O) groups is 1. The molecular formula is C18H26O2. The topological polar surface area (TPSA) is 26.3 Å². The third kappa shape index (κ3) is 1.43. The van der Waals surface area contributed by atoms with E-state index in [0.29, 0.717) is 22.8 Å². The Morgan fingerprint density at radius 1 is 1.30 bits per heavy atom. The number of carbonyl (C=O) groups excluding carboxylic acids is 1. The normalized spacial score (nSPS) is 51.3. The van der Waals surface area contributed by atoms with E-state index in [-0.39, 0.29) is 11.6 Å². The molecule has 2 nitrogen and oxygen atoms in total. The molecule has 4 unspecified atom stereocenters. The van der Waals surface area contributed by atoms with Crippen LogP contribution in [0.1, 0.15) is 58.8 Å². The lowest BCUT2D eigenvalue weighted by Crippen LogP contribution is -2.63. The van der Waals surface area contributed by atoms with Crippen LogP contribution in [-0.4, -0.2) is 11.6 Å². The minimum Gasteiger partial charge on any atom is -0.455 e. The lowest BCUT2D eigenvalue weighted by molar-refractivity contribution is -0.227. The first-order valence-corrected chi connectivity index (χ1v) is 8.38. The Labute approximate surface area is 122 Å².